The SMILES string of the molecule is CC(C)c1cc(C(=O)N2CCCC[C@H]2C(=O)Nc2cc(Cl)ccc2Cl)nn1C(C)(C)C. The summed E-state index contributed by atoms with van der Waals surface area (Å²) in [6.07, 6.45) is 2.32. The van der Waals surface area contributed by atoms with E-state index >= 15 is 0 Å². The molecule has 0 unspecified atom stereocenters. The lowest BCUT2D eigenvalue weighted by atomic mass is 10.0. The lowest BCUT2D eigenvalue weighted by Gasteiger charge is -2.34. The molecule has 1 saturated heterocycles. The van der Waals surface area contributed by atoms with Crippen molar-refractivity contribution in [3.63, 3.8) is 0 Å². The molecule has 3 rings (SSSR count). The molecular formula is C23H30Cl2N4O2. The molecule has 0 saturated carbocycles. The van der Waals surface area contributed by atoms with Crippen LogP contribution in [0.4, 0.5) is 5.69 Å². The highest BCUT2D eigenvalue weighted by Crippen LogP contribution is 2.28. The van der Waals surface area contributed by atoms with Crippen molar-refractivity contribution in [1.82, 2.24) is 14.7 Å². The number of carbonyl (C=O) groups excluding carboxylic acids is 2. The summed E-state index contributed by atoms with van der Waals surface area (Å²) in [6, 6.07) is 6.18. The number of amides is 2. The lowest BCUT2D eigenvalue weighted by molar-refractivity contribution is -0.121. The van der Waals surface area contributed by atoms with Gasteiger partial charge in [-0.15, -0.1) is 0 Å². The molecule has 8 heteroatoms. The van der Waals surface area contributed by atoms with Crippen molar-refractivity contribution in [3.8, 4) is 0 Å². The zero-order valence-electron chi connectivity index (χ0n) is 18.7. The van der Waals surface area contributed by atoms with Gasteiger partial charge in [0, 0.05) is 17.3 Å². The maximum atomic E-state index is 13.4. The molecule has 0 spiro atoms. The van der Waals surface area contributed by atoms with Crippen molar-refractivity contribution in [2.24, 2.45) is 0 Å². The molecule has 1 aliphatic rings. The molecule has 0 bridgehead atoms. The number of anilines is 1. The molecule has 1 aliphatic heterocycles. The maximum absolute atomic E-state index is 13.4. The number of nitrogens with zero attached hydrogens (tertiary/aromatic N) is 3. The molecule has 168 valence electrons. The van der Waals surface area contributed by atoms with Gasteiger partial charge in [-0.1, -0.05) is 37.0 Å². The number of halogens is 2. The summed E-state index contributed by atoms with van der Waals surface area (Å²) in [4.78, 5) is 28.1. The Morgan fingerprint density at radius 3 is 2.48 bits per heavy atom. The van der Waals surface area contributed by atoms with Gasteiger partial charge in [0.25, 0.3) is 5.91 Å². The van der Waals surface area contributed by atoms with Crippen LogP contribution in [0.1, 0.15) is 76.0 Å². The van der Waals surface area contributed by atoms with E-state index in [-0.39, 0.29) is 23.3 Å². The van der Waals surface area contributed by atoms with Crippen LogP contribution in [0.3, 0.4) is 0 Å². The fourth-order valence-corrected chi connectivity index (χ4v) is 4.19. The number of likely N-dealkylation sites (tertiary alicyclic amines) is 1. The third kappa shape index (κ3) is 5.24. The number of aromatic nitrogens is 2. The number of rotatable bonds is 4. The van der Waals surface area contributed by atoms with E-state index in [0.29, 0.717) is 34.4 Å². The second kappa shape index (κ2) is 9.21. The summed E-state index contributed by atoms with van der Waals surface area (Å²) < 4.78 is 1.91. The highest BCUT2D eigenvalue weighted by atomic mass is 35.5. The molecule has 1 aromatic heterocycles. The van der Waals surface area contributed by atoms with E-state index in [1.165, 1.54) is 0 Å². The predicted octanol–water partition coefficient (Wildman–Crippen LogP) is 5.70. The number of hydrogen-bond acceptors (Lipinski definition) is 3. The highest BCUT2D eigenvalue weighted by Gasteiger charge is 2.35. The molecule has 0 aliphatic carbocycles. The molecule has 2 heterocycles. The molecule has 1 fully saturated rings. The molecule has 2 amide bonds. The fourth-order valence-electron chi connectivity index (χ4n) is 3.85. The van der Waals surface area contributed by atoms with Crippen molar-refractivity contribution in [2.45, 2.75) is 71.4 Å². The standard InChI is InChI=1S/C23H30Cl2N4O2/c1-14(2)20-13-18(27-29(20)23(3,4)5)22(31)28-11-7-6-8-19(28)21(30)26-17-12-15(24)9-10-16(17)25/h9-10,12-14,19H,6-8,11H2,1-5H3,(H,26,30)/t19-/m0/s1. The predicted molar refractivity (Wildman–Crippen MR) is 125 cm³/mol. The Morgan fingerprint density at radius 1 is 1.16 bits per heavy atom. The van der Waals surface area contributed by atoms with Gasteiger partial charge >= 0.3 is 0 Å². The normalized spacial score (nSPS) is 17.2. The Labute approximate surface area is 193 Å². The summed E-state index contributed by atoms with van der Waals surface area (Å²) in [5.41, 5.74) is 1.56. The zero-order valence-corrected chi connectivity index (χ0v) is 20.2. The van der Waals surface area contributed by atoms with E-state index in [4.69, 9.17) is 23.2 Å². The van der Waals surface area contributed by atoms with Crippen LogP contribution in [0, 0.1) is 0 Å². The first-order chi connectivity index (χ1) is 14.5. The van der Waals surface area contributed by atoms with Gasteiger partial charge in [-0.2, -0.15) is 5.10 Å². The van der Waals surface area contributed by atoms with Gasteiger partial charge in [-0.25, -0.2) is 0 Å². The van der Waals surface area contributed by atoms with Crippen LogP contribution in [0.2, 0.25) is 10.0 Å². The van der Waals surface area contributed by atoms with Crippen molar-refractivity contribution < 1.29 is 9.59 Å². The van der Waals surface area contributed by atoms with E-state index in [2.05, 4.69) is 45.0 Å². The van der Waals surface area contributed by atoms with Gasteiger partial charge in [0.2, 0.25) is 5.91 Å². The summed E-state index contributed by atoms with van der Waals surface area (Å²) in [5, 5.41) is 8.35. The number of carbonyl (C=O) groups is 2. The van der Waals surface area contributed by atoms with Crippen molar-refractivity contribution in [3.05, 3.63) is 45.7 Å². The largest absolute Gasteiger partial charge is 0.325 e. The van der Waals surface area contributed by atoms with Crippen molar-refractivity contribution in [2.75, 3.05) is 11.9 Å². The van der Waals surface area contributed by atoms with Gasteiger partial charge in [-0.3, -0.25) is 14.3 Å². The van der Waals surface area contributed by atoms with E-state index < -0.39 is 6.04 Å². The second-order valence-electron chi connectivity index (χ2n) is 9.32. The minimum absolute atomic E-state index is 0.220. The van der Waals surface area contributed by atoms with Crippen LogP contribution in [0.25, 0.3) is 0 Å². The number of nitrogens with one attached hydrogen (secondary N) is 1. The van der Waals surface area contributed by atoms with Gasteiger partial charge in [0.15, 0.2) is 5.69 Å². The molecular weight excluding hydrogens is 435 g/mol. The van der Waals surface area contributed by atoms with Crippen LogP contribution < -0.4 is 5.32 Å². The number of hydrogen-bond donors (Lipinski definition) is 1. The molecule has 1 N–H and O–H groups in total. The average Bonchev–Trinajstić information content (AvgIpc) is 3.16. The Morgan fingerprint density at radius 2 is 1.87 bits per heavy atom. The lowest BCUT2D eigenvalue weighted by Crippen LogP contribution is -2.50. The first-order valence-electron chi connectivity index (χ1n) is 10.7. The Hall–Kier alpha value is -2.05. The summed E-state index contributed by atoms with van der Waals surface area (Å²) in [6.45, 7) is 10.9. The Balaban J connectivity index is 1.87. The quantitative estimate of drug-likeness (QED) is 0.630. The highest BCUT2D eigenvalue weighted by molar-refractivity contribution is 6.35. The van der Waals surface area contributed by atoms with E-state index in [9.17, 15) is 9.59 Å². The van der Waals surface area contributed by atoms with Crippen LogP contribution in [-0.2, 0) is 10.3 Å². The van der Waals surface area contributed by atoms with Crippen LogP contribution >= 0.6 is 23.2 Å². The zero-order chi connectivity index (χ0) is 22.9. The van der Waals surface area contributed by atoms with E-state index in [0.717, 1.165) is 18.5 Å². The number of piperidine rings is 1. The molecule has 2 aromatic rings. The van der Waals surface area contributed by atoms with Gasteiger partial charge in [0.05, 0.1) is 16.2 Å². The van der Waals surface area contributed by atoms with Crippen molar-refractivity contribution >= 4 is 40.7 Å². The minimum atomic E-state index is -0.585. The Bertz CT molecular complexity index is 978. The third-order valence-corrected chi connectivity index (χ3v) is 6.00. The van der Waals surface area contributed by atoms with Gasteiger partial charge in [0.1, 0.15) is 6.04 Å². The molecule has 1 atom stereocenters. The molecule has 31 heavy (non-hydrogen) atoms. The summed E-state index contributed by atoms with van der Waals surface area (Å²) >= 11 is 12.2. The fraction of sp³-hybridized carbons (Fsp3) is 0.522. The van der Waals surface area contributed by atoms with E-state index in [1.807, 2.05) is 10.7 Å². The molecule has 1 aromatic carbocycles. The van der Waals surface area contributed by atoms with Crippen LogP contribution in [-0.4, -0.2) is 39.1 Å². The van der Waals surface area contributed by atoms with Crippen molar-refractivity contribution in [1.29, 1.82) is 0 Å². The minimum Gasteiger partial charge on any atom is -0.325 e. The number of benzene rings is 1. The maximum Gasteiger partial charge on any atom is 0.275 e. The van der Waals surface area contributed by atoms with Gasteiger partial charge in [-0.05, 0) is 70.2 Å². The monoisotopic (exact) mass is 464 g/mol. The summed E-state index contributed by atoms with van der Waals surface area (Å²) in [5.74, 6) is -0.266. The summed E-state index contributed by atoms with van der Waals surface area (Å²) in [7, 11) is 0. The topological polar surface area (TPSA) is 67.2 Å². The first-order valence-corrected chi connectivity index (χ1v) is 11.4. The second-order valence-corrected chi connectivity index (χ2v) is 10.2. The average molecular weight is 465 g/mol. The molecule has 6 nitrogen and oxygen atoms in total. The first kappa shape index (κ1) is 23.6. The smallest absolute Gasteiger partial charge is 0.275 e. The van der Waals surface area contributed by atoms with Crippen LogP contribution in [0.15, 0.2) is 24.3 Å². The molecule has 0 radical (unpaired) electrons. The van der Waals surface area contributed by atoms with E-state index in [1.54, 1.807) is 23.1 Å². The Kier molecular flexibility index (Phi) is 7.01. The third-order valence-electron chi connectivity index (χ3n) is 5.44. The van der Waals surface area contributed by atoms with Gasteiger partial charge < -0.3 is 10.2 Å². The van der Waals surface area contributed by atoms with Crippen LogP contribution in [0.5, 0.6) is 0 Å².